The van der Waals surface area contributed by atoms with Crippen LogP contribution in [-0.4, -0.2) is 19.1 Å². The predicted octanol–water partition coefficient (Wildman–Crippen LogP) is 2.86. The average Bonchev–Trinajstić information content (AvgIpc) is 2.78. The van der Waals surface area contributed by atoms with Crippen LogP contribution in [0.4, 0.5) is 5.13 Å². The Hall–Kier alpha value is -1.55. The second kappa shape index (κ2) is 4.31. The summed E-state index contributed by atoms with van der Waals surface area (Å²) in [7, 11) is 3.54. The molecule has 0 fully saturated rings. The highest BCUT2D eigenvalue weighted by molar-refractivity contribution is 7.18. The third kappa shape index (κ3) is 2.10. The van der Waals surface area contributed by atoms with Gasteiger partial charge in [0.05, 0.1) is 12.0 Å². The van der Waals surface area contributed by atoms with Crippen molar-refractivity contribution in [1.82, 2.24) is 4.98 Å². The monoisotopic (exact) mass is 220 g/mol. The van der Waals surface area contributed by atoms with Gasteiger partial charge in [-0.25, -0.2) is 4.98 Å². The minimum Gasteiger partial charge on any atom is -0.497 e. The Morgan fingerprint density at radius 2 is 2.00 bits per heavy atom. The molecule has 3 nitrogen and oxygen atoms in total. The molecular weight excluding hydrogens is 208 g/mol. The predicted molar refractivity (Wildman–Crippen MR) is 63.6 cm³/mol. The van der Waals surface area contributed by atoms with E-state index in [0.29, 0.717) is 0 Å². The van der Waals surface area contributed by atoms with E-state index < -0.39 is 0 Å². The fourth-order valence-electron chi connectivity index (χ4n) is 1.28. The third-order valence-corrected chi connectivity index (χ3v) is 3.16. The Morgan fingerprint density at radius 3 is 2.53 bits per heavy atom. The van der Waals surface area contributed by atoms with Gasteiger partial charge in [0.1, 0.15) is 5.75 Å². The maximum atomic E-state index is 5.11. The van der Waals surface area contributed by atoms with Gasteiger partial charge < -0.3 is 10.1 Å². The molecule has 0 atom stereocenters. The van der Waals surface area contributed by atoms with Crippen molar-refractivity contribution in [2.24, 2.45) is 0 Å². The molecular formula is C11H12N2OS. The van der Waals surface area contributed by atoms with E-state index in [1.807, 2.05) is 37.5 Å². The number of anilines is 1. The number of nitrogens with one attached hydrogen (secondary N) is 1. The first-order valence-corrected chi connectivity index (χ1v) is 5.43. The number of ether oxygens (including phenoxy) is 1. The van der Waals surface area contributed by atoms with Crippen molar-refractivity contribution in [3.8, 4) is 16.2 Å². The smallest absolute Gasteiger partial charge is 0.182 e. The first-order valence-electron chi connectivity index (χ1n) is 4.61. The SMILES string of the molecule is CNc1ncc(-c2ccc(OC)cc2)s1. The molecule has 0 unspecified atom stereocenters. The Kier molecular flexibility index (Phi) is 2.87. The van der Waals surface area contributed by atoms with E-state index in [-0.39, 0.29) is 0 Å². The summed E-state index contributed by atoms with van der Waals surface area (Å²) in [4.78, 5) is 5.38. The third-order valence-electron chi connectivity index (χ3n) is 2.09. The number of aromatic nitrogens is 1. The van der Waals surface area contributed by atoms with Crippen LogP contribution in [0.3, 0.4) is 0 Å². The van der Waals surface area contributed by atoms with Crippen molar-refractivity contribution in [2.45, 2.75) is 0 Å². The number of methoxy groups -OCH3 is 1. The molecule has 1 aromatic carbocycles. The number of thiazole rings is 1. The average molecular weight is 220 g/mol. The van der Waals surface area contributed by atoms with Crippen molar-refractivity contribution in [3.05, 3.63) is 30.5 Å². The number of hydrogen-bond acceptors (Lipinski definition) is 4. The molecule has 2 aromatic rings. The molecule has 2 rings (SSSR count). The van der Waals surface area contributed by atoms with E-state index in [4.69, 9.17) is 4.74 Å². The zero-order valence-electron chi connectivity index (χ0n) is 8.65. The molecule has 0 saturated heterocycles. The molecule has 4 heteroatoms. The van der Waals surface area contributed by atoms with Crippen molar-refractivity contribution < 1.29 is 4.74 Å². The van der Waals surface area contributed by atoms with Crippen LogP contribution in [0, 0.1) is 0 Å². The second-order valence-electron chi connectivity index (χ2n) is 3.01. The molecule has 0 saturated carbocycles. The van der Waals surface area contributed by atoms with E-state index in [1.54, 1.807) is 18.4 Å². The van der Waals surface area contributed by atoms with E-state index in [1.165, 1.54) is 0 Å². The summed E-state index contributed by atoms with van der Waals surface area (Å²) < 4.78 is 5.11. The molecule has 0 spiro atoms. The number of benzene rings is 1. The fraction of sp³-hybridized carbons (Fsp3) is 0.182. The number of rotatable bonds is 3. The summed E-state index contributed by atoms with van der Waals surface area (Å²) >= 11 is 1.64. The highest BCUT2D eigenvalue weighted by Crippen LogP contribution is 2.29. The molecule has 0 radical (unpaired) electrons. The molecule has 1 aromatic heterocycles. The molecule has 1 N–H and O–H groups in total. The van der Waals surface area contributed by atoms with Crippen molar-refractivity contribution in [1.29, 1.82) is 0 Å². The Bertz CT molecular complexity index is 436. The Labute approximate surface area is 92.7 Å². The van der Waals surface area contributed by atoms with Gasteiger partial charge >= 0.3 is 0 Å². The van der Waals surface area contributed by atoms with E-state index in [0.717, 1.165) is 21.3 Å². The van der Waals surface area contributed by atoms with Crippen LogP contribution >= 0.6 is 11.3 Å². The molecule has 1 heterocycles. The summed E-state index contributed by atoms with van der Waals surface area (Å²) in [5.41, 5.74) is 1.16. The summed E-state index contributed by atoms with van der Waals surface area (Å²) in [6, 6.07) is 7.97. The summed E-state index contributed by atoms with van der Waals surface area (Å²) in [5.74, 6) is 0.872. The van der Waals surface area contributed by atoms with Gasteiger partial charge in [-0.05, 0) is 29.8 Å². The maximum Gasteiger partial charge on any atom is 0.182 e. The first-order chi connectivity index (χ1) is 7.33. The zero-order valence-corrected chi connectivity index (χ0v) is 9.47. The second-order valence-corrected chi connectivity index (χ2v) is 4.04. The zero-order chi connectivity index (χ0) is 10.7. The van der Waals surface area contributed by atoms with Crippen LogP contribution < -0.4 is 10.1 Å². The number of hydrogen-bond donors (Lipinski definition) is 1. The van der Waals surface area contributed by atoms with Gasteiger partial charge in [0.25, 0.3) is 0 Å². The highest BCUT2D eigenvalue weighted by atomic mass is 32.1. The Balaban J connectivity index is 2.28. The molecule has 0 bridgehead atoms. The number of nitrogens with zero attached hydrogens (tertiary/aromatic N) is 1. The van der Waals surface area contributed by atoms with E-state index >= 15 is 0 Å². The van der Waals surface area contributed by atoms with Crippen molar-refractivity contribution in [2.75, 3.05) is 19.5 Å². The van der Waals surface area contributed by atoms with E-state index in [9.17, 15) is 0 Å². The van der Waals surface area contributed by atoms with Crippen LogP contribution in [0.25, 0.3) is 10.4 Å². The summed E-state index contributed by atoms with van der Waals surface area (Å²) in [5, 5.41) is 3.95. The lowest BCUT2D eigenvalue weighted by atomic mass is 10.2. The van der Waals surface area contributed by atoms with Crippen molar-refractivity contribution in [3.63, 3.8) is 0 Å². The standard InChI is InChI=1S/C11H12N2OS/c1-12-11-13-7-10(15-11)8-3-5-9(14-2)6-4-8/h3-7H,1-2H3,(H,12,13). The van der Waals surface area contributed by atoms with E-state index in [2.05, 4.69) is 10.3 Å². The molecule has 78 valence electrons. The van der Waals surface area contributed by atoms with Gasteiger partial charge in [-0.1, -0.05) is 11.3 Å². The van der Waals surface area contributed by atoms with Gasteiger partial charge in [0.15, 0.2) is 5.13 Å². The van der Waals surface area contributed by atoms with Crippen LogP contribution in [-0.2, 0) is 0 Å². The Morgan fingerprint density at radius 1 is 1.27 bits per heavy atom. The highest BCUT2D eigenvalue weighted by Gasteiger charge is 2.02. The minimum absolute atomic E-state index is 0.872. The van der Waals surface area contributed by atoms with Crippen LogP contribution in [0.5, 0.6) is 5.75 Å². The largest absolute Gasteiger partial charge is 0.497 e. The van der Waals surface area contributed by atoms with Gasteiger partial charge in [0, 0.05) is 13.2 Å². The lowest BCUT2D eigenvalue weighted by molar-refractivity contribution is 0.415. The fourth-order valence-corrected chi connectivity index (χ4v) is 2.05. The molecule has 0 aliphatic heterocycles. The maximum absolute atomic E-state index is 5.11. The van der Waals surface area contributed by atoms with Gasteiger partial charge in [0.2, 0.25) is 0 Å². The topological polar surface area (TPSA) is 34.2 Å². The van der Waals surface area contributed by atoms with Gasteiger partial charge in [-0.15, -0.1) is 0 Å². The molecule has 0 aliphatic carbocycles. The molecule has 0 amide bonds. The quantitative estimate of drug-likeness (QED) is 0.863. The van der Waals surface area contributed by atoms with Gasteiger partial charge in [-0.2, -0.15) is 0 Å². The molecule has 15 heavy (non-hydrogen) atoms. The van der Waals surface area contributed by atoms with Crippen LogP contribution in [0.1, 0.15) is 0 Å². The minimum atomic E-state index is 0.872. The van der Waals surface area contributed by atoms with Gasteiger partial charge in [-0.3, -0.25) is 0 Å². The first kappa shape index (κ1) is 9.98. The lowest BCUT2D eigenvalue weighted by Gasteiger charge is -2.00. The van der Waals surface area contributed by atoms with Crippen molar-refractivity contribution >= 4 is 16.5 Å². The molecule has 0 aliphatic rings. The summed E-state index contributed by atoms with van der Waals surface area (Å²) in [6.07, 6.45) is 1.87. The van der Waals surface area contributed by atoms with Crippen LogP contribution in [0.2, 0.25) is 0 Å². The lowest BCUT2D eigenvalue weighted by Crippen LogP contribution is -1.83. The van der Waals surface area contributed by atoms with Crippen LogP contribution in [0.15, 0.2) is 30.5 Å². The normalized spacial score (nSPS) is 10.0. The summed E-state index contributed by atoms with van der Waals surface area (Å²) in [6.45, 7) is 0.